The molecule has 0 aliphatic carbocycles. The van der Waals surface area contributed by atoms with Gasteiger partial charge in [-0.25, -0.2) is 4.98 Å². The summed E-state index contributed by atoms with van der Waals surface area (Å²) in [6.45, 7) is 3.77. The Kier molecular flexibility index (Phi) is 5.22. The monoisotopic (exact) mass is 302 g/mol. The van der Waals surface area contributed by atoms with E-state index in [4.69, 9.17) is 4.74 Å². The van der Waals surface area contributed by atoms with Gasteiger partial charge in [0.05, 0.1) is 12.4 Å². The van der Waals surface area contributed by atoms with E-state index < -0.39 is 0 Å². The predicted molar refractivity (Wildman–Crippen MR) is 85.9 cm³/mol. The number of carbonyl (C=O) groups excluding carboxylic acids is 1. The lowest BCUT2D eigenvalue weighted by Gasteiger charge is -2.12. The van der Waals surface area contributed by atoms with Gasteiger partial charge in [0, 0.05) is 10.6 Å². The number of benzene rings is 1. The van der Waals surface area contributed by atoms with Gasteiger partial charge in [-0.1, -0.05) is 6.07 Å². The third-order valence-electron chi connectivity index (χ3n) is 2.88. The molecule has 0 spiro atoms. The lowest BCUT2D eigenvalue weighted by atomic mass is 10.3. The lowest BCUT2D eigenvalue weighted by molar-refractivity contribution is -0.115. The molecule has 0 radical (unpaired) electrons. The van der Waals surface area contributed by atoms with E-state index >= 15 is 0 Å². The number of aryl methyl sites for hydroxylation is 1. The number of carbonyl (C=O) groups is 1. The van der Waals surface area contributed by atoms with E-state index in [0.717, 1.165) is 16.3 Å². The fraction of sp³-hybridized carbons (Fsp3) is 0.250. The number of methoxy groups -OCH3 is 1. The molecule has 1 aromatic heterocycles. The van der Waals surface area contributed by atoms with Crippen molar-refractivity contribution in [3.05, 3.63) is 48.2 Å². The van der Waals surface area contributed by atoms with Gasteiger partial charge in [-0.05, 0) is 50.2 Å². The number of anilines is 1. The number of pyridine rings is 1. The number of aromatic nitrogens is 1. The molecule has 110 valence electrons. The van der Waals surface area contributed by atoms with E-state index in [1.807, 2.05) is 50.2 Å². The minimum Gasteiger partial charge on any atom is -0.497 e. The van der Waals surface area contributed by atoms with E-state index in [0.29, 0.717) is 5.82 Å². The second-order valence-electron chi connectivity index (χ2n) is 4.59. The van der Waals surface area contributed by atoms with Gasteiger partial charge >= 0.3 is 0 Å². The number of amides is 1. The first kappa shape index (κ1) is 15.4. The van der Waals surface area contributed by atoms with E-state index in [2.05, 4.69) is 10.3 Å². The number of hydrogen-bond donors (Lipinski definition) is 1. The van der Waals surface area contributed by atoms with Crippen LogP contribution in [-0.2, 0) is 4.79 Å². The average molecular weight is 302 g/mol. The smallest absolute Gasteiger partial charge is 0.238 e. The largest absolute Gasteiger partial charge is 0.497 e. The number of hydrogen-bond acceptors (Lipinski definition) is 4. The van der Waals surface area contributed by atoms with Crippen LogP contribution >= 0.6 is 11.8 Å². The van der Waals surface area contributed by atoms with Gasteiger partial charge in [-0.2, -0.15) is 0 Å². The Hall–Kier alpha value is -2.01. The summed E-state index contributed by atoms with van der Waals surface area (Å²) < 4.78 is 5.11. The maximum Gasteiger partial charge on any atom is 0.238 e. The summed E-state index contributed by atoms with van der Waals surface area (Å²) in [5.74, 6) is 1.33. The second kappa shape index (κ2) is 7.13. The van der Waals surface area contributed by atoms with Crippen LogP contribution in [0.5, 0.6) is 5.75 Å². The fourth-order valence-corrected chi connectivity index (χ4v) is 2.62. The molecular weight excluding hydrogens is 284 g/mol. The average Bonchev–Trinajstić information content (AvgIpc) is 2.48. The fourth-order valence-electron chi connectivity index (χ4n) is 1.75. The maximum atomic E-state index is 12.2. The molecule has 5 heteroatoms. The van der Waals surface area contributed by atoms with Crippen LogP contribution in [0.25, 0.3) is 0 Å². The topological polar surface area (TPSA) is 51.2 Å². The van der Waals surface area contributed by atoms with Gasteiger partial charge in [-0.3, -0.25) is 4.79 Å². The third-order valence-corrected chi connectivity index (χ3v) is 3.99. The highest BCUT2D eigenvalue weighted by atomic mass is 32.2. The van der Waals surface area contributed by atoms with E-state index in [-0.39, 0.29) is 11.2 Å². The first-order valence-corrected chi connectivity index (χ1v) is 7.51. The van der Waals surface area contributed by atoms with Gasteiger partial charge in [0.2, 0.25) is 5.91 Å². The standard InChI is InChI=1S/C16H18N2O2S/c1-11-5-4-6-15(17-11)18-16(19)12(2)21-14-9-7-13(20-3)8-10-14/h4-10,12H,1-3H3,(H,17,18,19). The third kappa shape index (κ3) is 4.49. The normalized spacial score (nSPS) is 11.8. The van der Waals surface area contributed by atoms with Crippen LogP contribution < -0.4 is 10.1 Å². The zero-order valence-electron chi connectivity index (χ0n) is 12.3. The second-order valence-corrected chi connectivity index (χ2v) is 6.00. The maximum absolute atomic E-state index is 12.2. The number of ether oxygens (including phenoxy) is 1. The number of nitrogens with one attached hydrogen (secondary N) is 1. The van der Waals surface area contributed by atoms with Gasteiger partial charge in [0.15, 0.2) is 0 Å². The van der Waals surface area contributed by atoms with Crippen molar-refractivity contribution in [3.8, 4) is 5.75 Å². The molecule has 1 amide bonds. The van der Waals surface area contributed by atoms with Crippen molar-refractivity contribution in [2.24, 2.45) is 0 Å². The van der Waals surface area contributed by atoms with Crippen molar-refractivity contribution in [2.45, 2.75) is 24.0 Å². The molecule has 0 saturated heterocycles. The Morgan fingerprint density at radius 1 is 1.24 bits per heavy atom. The highest BCUT2D eigenvalue weighted by Gasteiger charge is 2.15. The van der Waals surface area contributed by atoms with E-state index in [1.54, 1.807) is 13.2 Å². The summed E-state index contributed by atoms with van der Waals surface area (Å²) in [4.78, 5) is 17.4. The molecule has 1 aromatic carbocycles. The molecular formula is C16H18N2O2S. The summed E-state index contributed by atoms with van der Waals surface area (Å²) in [7, 11) is 1.63. The molecule has 4 nitrogen and oxygen atoms in total. The molecule has 0 bridgehead atoms. The van der Waals surface area contributed by atoms with Crippen molar-refractivity contribution < 1.29 is 9.53 Å². The Morgan fingerprint density at radius 3 is 2.57 bits per heavy atom. The molecule has 21 heavy (non-hydrogen) atoms. The van der Waals surface area contributed by atoms with Crippen LogP contribution in [0.2, 0.25) is 0 Å². The highest BCUT2D eigenvalue weighted by molar-refractivity contribution is 8.00. The van der Waals surface area contributed by atoms with E-state index in [1.165, 1.54) is 11.8 Å². The quantitative estimate of drug-likeness (QED) is 0.859. The van der Waals surface area contributed by atoms with Crippen molar-refractivity contribution >= 4 is 23.5 Å². The van der Waals surface area contributed by atoms with Crippen LogP contribution in [0, 0.1) is 6.92 Å². The molecule has 2 aromatic rings. The molecule has 0 fully saturated rings. The van der Waals surface area contributed by atoms with Gasteiger partial charge in [0.1, 0.15) is 11.6 Å². The number of thioether (sulfide) groups is 1. The summed E-state index contributed by atoms with van der Waals surface area (Å²) in [6, 6.07) is 13.2. The summed E-state index contributed by atoms with van der Waals surface area (Å²) in [5, 5.41) is 2.62. The molecule has 1 unspecified atom stereocenters. The van der Waals surface area contributed by atoms with Crippen LogP contribution in [0.4, 0.5) is 5.82 Å². The van der Waals surface area contributed by atoms with Crippen molar-refractivity contribution in [1.29, 1.82) is 0 Å². The Morgan fingerprint density at radius 2 is 1.95 bits per heavy atom. The molecule has 1 N–H and O–H groups in total. The summed E-state index contributed by atoms with van der Waals surface area (Å²) in [6.07, 6.45) is 0. The van der Waals surface area contributed by atoms with Gasteiger partial charge in [0.25, 0.3) is 0 Å². The van der Waals surface area contributed by atoms with Crippen molar-refractivity contribution in [1.82, 2.24) is 4.98 Å². The first-order chi connectivity index (χ1) is 10.1. The SMILES string of the molecule is COc1ccc(SC(C)C(=O)Nc2cccc(C)n2)cc1. The molecule has 2 rings (SSSR count). The van der Waals surface area contributed by atoms with Crippen molar-refractivity contribution in [2.75, 3.05) is 12.4 Å². The zero-order chi connectivity index (χ0) is 15.2. The lowest BCUT2D eigenvalue weighted by Crippen LogP contribution is -2.23. The molecule has 0 saturated carbocycles. The highest BCUT2D eigenvalue weighted by Crippen LogP contribution is 2.26. The Bertz CT molecular complexity index is 614. The molecule has 1 heterocycles. The number of rotatable bonds is 5. The minimum absolute atomic E-state index is 0.0612. The van der Waals surface area contributed by atoms with Crippen LogP contribution in [-0.4, -0.2) is 23.3 Å². The number of nitrogens with zero attached hydrogens (tertiary/aromatic N) is 1. The molecule has 0 aliphatic heterocycles. The summed E-state index contributed by atoms with van der Waals surface area (Å²) >= 11 is 1.50. The van der Waals surface area contributed by atoms with Crippen LogP contribution in [0.15, 0.2) is 47.4 Å². The Labute approximate surface area is 128 Å². The zero-order valence-corrected chi connectivity index (χ0v) is 13.1. The van der Waals surface area contributed by atoms with Gasteiger partial charge < -0.3 is 10.1 Å². The Balaban J connectivity index is 1.95. The summed E-state index contributed by atoms with van der Waals surface area (Å²) in [5.41, 5.74) is 0.878. The molecule has 1 atom stereocenters. The van der Waals surface area contributed by atoms with Gasteiger partial charge in [-0.15, -0.1) is 11.8 Å². The minimum atomic E-state index is -0.208. The van der Waals surface area contributed by atoms with Crippen LogP contribution in [0.3, 0.4) is 0 Å². The predicted octanol–water partition coefficient (Wildman–Crippen LogP) is 3.52. The van der Waals surface area contributed by atoms with Crippen molar-refractivity contribution in [3.63, 3.8) is 0 Å². The molecule has 0 aliphatic rings. The van der Waals surface area contributed by atoms with Crippen LogP contribution in [0.1, 0.15) is 12.6 Å². The first-order valence-electron chi connectivity index (χ1n) is 6.63. The van der Waals surface area contributed by atoms with E-state index in [9.17, 15) is 4.79 Å².